The van der Waals surface area contributed by atoms with Crippen molar-refractivity contribution in [1.29, 1.82) is 0 Å². The molecular weight excluding hydrogens is 332 g/mol. The zero-order valence-corrected chi connectivity index (χ0v) is 14.4. The molecule has 2 rings (SSSR count). The Morgan fingerprint density at radius 2 is 1.96 bits per heavy atom. The van der Waals surface area contributed by atoms with Crippen LogP contribution in [-0.4, -0.2) is 29.1 Å². The van der Waals surface area contributed by atoms with E-state index in [9.17, 15) is 14.4 Å². The quantitative estimate of drug-likeness (QED) is 0.605. The molecule has 0 bridgehead atoms. The molecule has 2 aromatic rings. The van der Waals surface area contributed by atoms with Gasteiger partial charge in [-0.3, -0.25) is 9.59 Å². The third kappa shape index (κ3) is 3.94. The number of ether oxygens (including phenoxy) is 2. The molecule has 0 aliphatic carbocycles. The molecule has 1 heterocycles. The Kier molecular flexibility index (Phi) is 5.97. The fraction of sp³-hybridized carbons (Fsp3) is 0.438. The minimum atomic E-state index is -0.861. The molecule has 1 aromatic heterocycles. The fourth-order valence-electron chi connectivity index (χ4n) is 2.32. The Morgan fingerprint density at radius 3 is 2.62 bits per heavy atom. The highest BCUT2D eigenvalue weighted by molar-refractivity contribution is 7.14. The van der Waals surface area contributed by atoms with Gasteiger partial charge in [0.15, 0.2) is 0 Å². The summed E-state index contributed by atoms with van der Waals surface area (Å²) in [6.45, 7) is 3.86. The van der Waals surface area contributed by atoms with Crippen LogP contribution in [0, 0.1) is 0 Å². The Bertz CT molecular complexity index is 795. The largest absolute Gasteiger partial charge is 0.466 e. The van der Waals surface area contributed by atoms with Crippen molar-refractivity contribution in [3.63, 3.8) is 0 Å². The Balaban J connectivity index is 2.35. The van der Waals surface area contributed by atoms with Gasteiger partial charge in [0.05, 0.1) is 23.3 Å². The predicted octanol–water partition coefficient (Wildman–Crippen LogP) is 2.09. The van der Waals surface area contributed by atoms with Crippen LogP contribution < -0.4 is 11.3 Å². The summed E-state index contributed by atoms with van der Waals surface area (Å²) in [5.41, 5.74) is 5.98. The lowest BCUT2D eigenvalue weighted by Crippen LogP contribution is -2.28. The third-order valence-electron chi connectivity index (χ3n) is 3.40. The van der Waals surface area contributed by atoms with Crippen LogP contribution in [0.25, 0.3) is 10.1 Å². The average molecular weight is 352 g/mol. The molecule has 0 radical (unpaired) electrons. The SMILES string of the molecule is CCOC(=O)CC[C@@H](C(=O)OCC)n1sc2cc(N)ccc2c1=O. The first-order chi connectivity index (χ1) is 11.5. The number of nitrogens with two attached hydrogens (primary N) is 1. The maximum absolute atomic E-state index is 12.6. The highest BCUT2D eigenvalue weighted by atomic mass is 32.1. The minimum Gasteiger partial charge on any atom is -0.466 e. The molecule has 24 heavy (non-hydrogen) atoms. The highest BCUT2D eigenvalue weighted by Gasteiger charge is 2.26. The number of hydrogen-bond donors (Lipinski definition) is 1. The summed E-state index contributed by atoms with van der Waals surface area (Å²) in [4.78, 5) is 36.4. The molecule has 130 valence electrons. The van der Waals surface area contributed by atoms with Gasteiger partial charge in [-0.1, -0.05) is 11.5 Å². The van der Waals surface area contributed by atoms with E-state index in [4.69, 9.17) is 15.2 Å². The van der Waals surface area contributed by atoms with Crippen LogP contribution in [0.4, 0.5) is 5.69 Å². The number of nitrogens with zero attached hydrogens (tertiary/aromatic N) is 1. The molecule has 0 aliphatic heterocycles. The number of nitrogen functional groups attached to an aromatic ring is 1. The van der Waals surface area contributed by atoms with Crippen LogP contribution >= 0.6 is 11.5 Å². The second-order valence-electron chi connectivity index (χ2n) is 5.09. The van der Waals surface area contributed by atoms with Crippen LogP contribution in [0.1, 0.15) is 32.7 Å². The molecule has 0 aliphatic rings. The van der Waals surface area contributed by atoms with Crippen LogP contribution in [0.5, 0.6) is 0 Å². The summed E-state index contributed by atoms with van der Waals surface area (Å²) in [5.74, 6) is -0.950. The number of anilines is 1. The standard InChI is InChI=1S/C16H20N2O5S/c1-3-22-14(19)8-7-12(16(21)23-4-2)18-15(20)11-6-5-10(17)9-13(11)24-18/h5-6,9,12H,3-4,7-8,17H2,1-2H3/t12-/m0/s1. The Labute approximate surface area is 143 Å². The normalized spacial score (nSPS) is 12.1. The summed E-state index contributed by atoms with van der Waals surface area (Å²) in [6.07, 6.45) is 0.167. The molecular formula is C16H20N2O5S. The first kappa shape index (κ1) is 18.0. The minimum absolute atomic E-state index is 0.0279. The Morgan fingerprint density at radius 1 is 1.25 bits per heavy atom. The van der Waals surface area contributed by atoms with Crippen LogP contribution in [0.2, 0.25) is 0 Å². The first-order valence-corrected chi connectivity index (χ1v) is 8.48. The lowest BCUT2D eigenvalue weighted by Gasteiger charge is -2.15. The van der Waals surface area contributed by atoms with E-state index in [1.54, 1.807) is 32.0 Å². The zero-order chi connectivity index (χ0) is 17.7. The van der Waals surface area contributed by atoms with Gasteiger partial charge >= 0.3 is 11.9 Å². The van der Waals surface area contributed by atoms with Gasteiger partial charge in [0.1, 0.15) is 6.04 Å². The number of aromatic nitrogens is 1. The second kappa shape index (κ2) is 7.96. The van der Waals surface area contributed by atoms with Gasteiger partial charge in [-0.05, 0) is 38.5 Å². The van der Waals surface area contributed by atoms with Gasteiger partial charge in [0.25, 0.3) is 5.56 Å². The van der Waals surface area contributed by atoms with Crippen molar-refractivity contribution in [3.8, 4) is 0 Å². The number of fused-ring (bicyclic) bond motifs is 1. The van der Waals surface area contributed by atoms with Crippen molar-refractivity contribution in [2.75, 3.05) is 18.9 Å². The molecule has 0 spiro atoms. The van der Waals surface area contributed by atoms with Crippen molar-refractivity contribution in [2.24, 2.45) is 0 Å². The molecule has 0 saturated carbocycles. The molecule has 2 N–H and O–H groups in total. The summed E-state index contributed by atoms with van der Waals surface area (Å²) in [7, 11) is 0. The van der Waals surface area contributed by atoms with E-state index < -0.39 is 18.0 Å². The van der Waals surface area contributed by atoms with E-state index in [2.05, 4.69) is 0 Å². The van der Waals surface area contributed by atoms with Crippen molar-refractivity contribution >= 4 is 39.2 Å². The molecule has 0 unspecified atom stereocenters. The van der Waals surface area contributed by atoms with Gasteiger partial charge in [-0.25, -0.2) is 8.75 Å². The number of benzene rings is 1. The van der Waals surface area contributed by atoms with Gasteiger partial charge in [-0.15, -0.1) is 0 Å². The molecule has 1 atom stereocenters. The Hall–Kier alpha value is -2.35. The lowest BCUT2D eigenvalue weighted by molar-refractivity contribution is -0.148. The average Bonchev–Trinajstić information content (AvgIpc) is 2.84. The monoisotopic (exact) mass is 352 g/mol. The smallest absolute Gasteiger partial charge is 0.330 e. The third-order valence-corrected chi connectivity index (χ3v) is 4.55. The predicted molar refractivity (Wildman–Crippen MR) is 92.0 cm³/mol. The highest BCUT2D eigenvalue weighted by Crippen LogP contribution is 2.25. The van der Waals surface area contributed by atoms with Gasteiger partial charge in [-0.2, -0.15) is 0 Å². The van der Waals surface area contributed by atoms with Crippen LogP contribution in [-0.2, 0) is 19.1 Å². The van der Waals surface area contributed by atoms with E-state index in [1.165, 1.54) is 3.96 Å². The summed E-state index contributed by atoms with van der Waals surface area (Å²) >= 11 is 1.14. The molecule has 0 amide bonds. The van der Waals surface area contributed by atoms with Gasteiger partial charge < -0.3 is 15.2 Å². The lowest BCUT2D eigenvalue weighted by atomic mass is 10.1. The first-order valence-electron chi connectivity index (χ1n) is 7.71. The number of carbonyl (C=O) groups excluding carboxylic acids is 2. The van der Waals surface area contributed by atoms with E-state index >= 15 is 0 Å². The summed E-state index contributed by atoms with van der Waals surface area (Å²) < 4.78 is 12.0. The molecule has 8 heteroatoms. The van der Waals surface area contributed by atoms with Crippen LogP contribution in [0.3, 0.4) is 0 Å². The molecule has 0 saturated heterocycles. The van der Waals surface area contributed by atoms with Crippen molar-refractivity contribution in [3.05, 3.63) is 28.6 Å². The summed E-state index contributed by atoms with van der Waals surface area (Å²) in [6, 6.07) is 4.10. The van der Waals surface area contributed by atoms with E-state index in [0.717, 1.165) is 11.5 Å². The van der Waals surface area contributed by atoms with Crippen molar-refractivity contribution in [2.45, 2.75) is 32.7 Å². The fourth-order valence-corrected chi connectivity index (χ4v) is 3.47. The van der Waals surface area contributed by atoms with Crippen LogP contribution in [0.15, 0.2) is 23.0 Å². The van der Waals surface area contributed by atoms with Gasteiger partial charge in [0, 0.05) is 12.1 Å². The van der Waals surface area contributed by atoms with Crippen molar-refractivity contribution < 1.29 is 19.1 Å². The molecule has 7 nitrogen and oxygen atoms in total. The summed E-state index contributed by atoms with van der Waals surface area (Å²) in [5, 5.41) is 0.486. The number of hydrogen-bond acceptors (Lipinski definition) is 7. The maximum atomic E-state index is 12.6. The zero-order valence-electron chi connectivity index (χ0n) is 13.6. The van der Waals surface area contributed by atoms with E-state index in [1.807, 2.05) is 0 Å². The number of esters is 2. The van der Waals surface area contributed by atoms with E-state index in [-0.39, 0.29) is 31.6 Å². The molecule has 1 aromatic carbocycles. The topological polar surface area (TPSA) is 101 Å². The second-order valence-corrected chi connectivity index (χ2v) is 6.11. The number of carbonyl (C=O) groups is 2. The maximum Gasteiger partial charge on any atom is 0.330 e. The van der Waals surface area contributed by atoms with Gasteiger partial charge in [0.2, 0.25) is 0 Å². The van der Waals surface area contributed by atoms with Crippen molar-refractivity contribution in [1.82, 2.24) is 3.96 Å². The molecule has 0 fully saturated rings. The number of rotatable bonds is 7. The van der Waals surface area contributed by atoms with E-state index in [0.29, 0.717) is 15.8 Å².